The molecule has 1 aliphatic carbocycles. The van der Waals surface area contributed by atoms with Gasteiger partial charge < -0.3 is 14.2 Å². The number of fused-ring (bicyclic) bond motifs is 1. The highest BCUT2D eigenvalue weighted by atomic mass is 16.5. The summed E-state index contributed by atoms with van der Waals surface area (Å²) in [4.78, 5) is 25.0. The van der Waals surface area contributed by atoms with Crippen LogP contribution in [0.3, 0.4) is 0 Å². The predicted molar refractivity (Wildman–Crippen MR) is 96.4 cm³/mol. The lowest BCUT2D eigenvalue weighted by Crippen LogP contribution is -2.42. The zero-order valence-electron chi connectivity index (χ0n) is 16.0. The van der Waals surface area contributed by atoms with Crippen molar-refractivity contribution in [2.45, 2.75) is 45.3 Å². The molecule has 0 bridgehead atoms. The Kier molecular flexibility index (Phi) is 4.69. The molecule has 2 aliphatic rings. The smallest absolute Gasteiger partial charge is 0.323 e. The van der Waals surface area contributed by atoms with E-state index in [2.05, 4.69) is 24.3 Å². The highest BCUT2D eigenvalue weighted by Crippen LogP contribution is 2.55. The third kappa shape index (κ3) is 2.94. The summed E-state index contributed by atoms with van der Waals surface area (Å²) in [6, 6.07) is 8.21. The Hall–Kier alpha value is -2.14. The Labute approximate surface area is 154 Å². The first-order valence-electron chi connectivity index (χ1n) is 8.85. The SMILES string of the molecule is COC(=O)C1(C(=O)OC)CC2=C[C@@H](c3ccc(C)cc3)OC(C)(C)[C@@H]2C1. The summed E-state index contributed by atoms with van der Waals surface area (Å²) in [5.74, 6) is -1.12. The maximum Gasteiger partial charge on any atom is 0.323 e. The molecule has 0 unspecified atom stereocenters. The minimum absolute atomic E-state index is 0.0394. The van der Waals surface area contributed by atoms with Gasteiger partial charge in [-0.3, -0.25) is 9.59 Å². The van der Waals surface area contributed by atoms with Crippen LogP contribution in [0.5, 0.6) is 0 Å². The fourth-order valence-corrected chi connectivity index (χ4v) is 4.23. The number of esters is 2. The van der Waals surface area contributed by atoms with Crippen LogP contribution >= 0.6 is 0 Å². The first-order chi connectivity index (χ1) is 12.2. The van der Waals surface area contributed by atoms with Crippen LogP contribution in [0.15, 0.2) is 35.9 Å². The molecule has 26 heavy (non-hydrogen) atoms. The van der Waals surface area contributed by atoms with Gasteiger partial charge in [-0.15, -0.1) is 0 Å². The number of methoxy groups -OCH3 is 2. The van der Waals surface area contributed by atoms with Gasteiger partial charge in [0.25, 0.3) is 0 Å². The van der Waals surface area contributed by atoms with Crippen molar-refractivity contribution in [3.8, 4) is 0 Å². The molecule has 0 saturated heterocycles. The second-order valence-corrected chi connectivity index (χ2v) is 7.79. The van der Waals surface area contributed by atoms with Crippen molar-refractivity contribution >= 4 is 11.9 Å². The number of aryl methyl sites for hydroxylation is 1. The summed E-state index contributed by atoms with van der Waals surface area (Å²) in [5, 5.41) is 0. The van der Waals surface area contributed by atoms with Crippen LogP contribution in [-0.4, -0.2) is 31.8 Å². The third-order valence-corrected chi connectivity index (χ3v) is 5.70. The number of carbonyl (C=O) groups excluding carboxylic acids is 2. The van der Waals surface area contributed by atoms with Gasteiger partial charge in [0.2, 0.25) is 0 Å². The lowest BCUT2D eigenvalue weighted by Gasteiger charge is -2.40. The Balaban J connectivity index is 2.01. The van der Waals surface area contributed by atoms with Crippen molar-refractivity contribution in [1.82, 2.24) is 0 Å². The van der Waals surface area contributed by atoms with Gasteiger partial charge in [0, 0.05) is 5.92 Å². The van der Waals surface area contributed by atoms with E-state index < -0.39 is 23.0 Å². The predicted octanol–water partition coefficient (Wildman–Crippen LogP) is 3.51. The van der Waals surface area contributed by atoms with E-state index in [1.54, 1.807) is 0 Å². The molecule has 140 valence electrons. The quantitative estimate of drug-likeness (QED) is 0.470. The van der Waals surface area contributed by atoms with E-state index in [4.69, 9.17) is 14.2 Å². The molecular formula is C21H26O5. The standard InChI is InChI=1S/C21H26O5/c1-13-6-8-14(9-7-13)17-10-15-11-21(18(22)24-4,19(23)25-5)12-16(15)20(2,3)26-17/h6-10,16-17H,11-12H2,1-5H3/t16-,17+/m1/s1. The monoisotopic (exact) mass is 358 g/mol. The maximum absolute atomic E-state index is 12.5. The van der Waals surface area contributed by atoms with Crippen LogP contribution in [0.4, 0.5) is 0 Å². The number of ether oxygens (including phenoxy) is 3. The Morgan fingerprint density at radius 1 is 1.08 bits per heavy atom. The van der Waals surface area contributed by atoms with E-state index in [9.17, 15) is 9.59 Å². The highest BCUT2D eigenvalue weighted by molar-refractivity contribution is 6.01. The largest absolute Gasteiger partial charge is 0.468 e. The Bertz CT molecular complexity index is 728. The Morgan fingerprint density at radius 2 is 1.65 bits per heavy atom. The minimum atomic E-state index is -1.29. The van der Waals surface area contributed by atoms with Crippen LogP contribution in [0, 0.1) is 18.3 Å². The number of benzene rings is 1. The van der Waals surface area contributed by atoms with Crippen LogP contribution in [-0.2, 0) is 23.8 Å². The zero-order valence-corrected chi connectivity index (χ0v) is 16.0. The van der Waals surface area contributed by atoms with E-state index >= 15 is 0 Å². The first-order valence-corrected chi connectivity index (χ1v) is 8.85. The molecule has 0 aromatic heterocycles. The highest BCUT2D eigenvalue weighted by Gasteiger charge is 2.59. The molecule has 5 heteroatoms. The van der Waals surface area contributed by atoms with Crippen molar-refractivity contribution in [3.63, 3.8) is 0 Å². The van der Waals surface area contributed by atoms with Crippen molar-refractivity contribution in [2.75, 3.05) is 14.2 Å². The van der Waals surface area contributed by atoms with Crippen LogP contribution in [0.1, 0.15) is 43.9 Å². The Morgan fingerprint density at radius 3 is 2.19 bits per heavy atom. The summed E-state index contributed by atoms with van der Waals surface area (Å²) in [5.41, 5.74) is 1.50. The average Bonchev–Trinajstić information content (AvgIpc) is 3.02. The molecule has 0 radical (unpaired) electrons. The summed E-state index contributed by atoms with van der Waals surface area (Å²) in [6.45, 7) is 6.06. The third-order valence-electron chi connectivity index (χ3n) is 5.70. The summed E-state index contributed by atoms with van der Waals surface area (Å²) < 4.78 is 16.3. The molecule has 0 spiro atoms. The first kappa shape index (κ1) is 18.6. The molecule has 0 N–H and O–H groups in total. The van der Waals surface area contributed by atoms with Gasteiger partial charge in [-0.2, -0.15) is 0 Å². The van der Waals surface area contributed by atoms with E-state index in [0.717, 1.165) is 11.1 Å². The molecule has 1 saturated carbocycles. The molecular weight excluding hydrogens is 332 g/mol. The van der Waals surface area contributed by atoms with Gasteiger partial charge in [-0.25, -0.2) is 0 Å². The summed E-state index contributed by atoms with van der Waals surface area (Å²) in [6.07, 6.45) is 2.49. The molecule has 1 fully saturated rings. The van der Waals surface area contributed by atoms with Gasteiger partial charge in [0.05, 0.1) is 19.8 Å². The number of carbonyl (C=O) groups is 2. The van der Waals surface area contributed by atoms with Gasteiger partial charge in [0.1, 0.15) is 6.10 Å². The number of hydrogen-bond donors (Lipinski definition) is 0. The van der Waals surface area contributed by atoms with Crippen LogP contribution in [0.2, 0.25) is 0 Å². The zero-order chi connectivity index (χ0) is 19.1. The second kappa shape index (κ2) is 6.54. The van der Waals surface area contributed by atoms with Gasteiger partial charge in [-0.1, -0.05) is 41.5 Å². The van der Waals surface area contributed by atoms with Gasteiger partial charge >= 0.3 is 11.9 Å². The number of rotatable bonds is 3. The number of hydrogen-bond acceptors (Lipinski definition) is 5. The van der Waals surface area contributed by atoms with Crippen LogP contribution < -0.4 is 0 Å². The topological polar surface area (TPSA) is 61.8 Å². The van der Waals surface area contributed by atoms with Crippen molar-refractivity contribution in [2.24, 2.45) is 11.3 Å². The van der Waals surface area contributed by atoms with E-state index in [1.807, 2.05) is 26.8 Å². The maximum atomic E-state index is 12.5. The van der Waals surface area contributed by atoms with Crippen molar-refractivity contribution < 1.29 is 23.8 Å². The molecule has 1 aromatic rings. The van der Waals surface area contributed by atoms with Gasteiger partial charge in [-0.05, 0) is 39.2 Å². The van der Waals surface area contributed by atoms with Gasteiger partial charge in [0.15, 0.2) is 5.41 Å². The summed E-state index contributed by atoms with van der Waals surface area (Å²) in [7, 11) is 2.61. The fourth-order valence-electron chi connectivity index (χ4n) is 4.23. The molecule has 1 heterocycles. The molecule has 0 amide bonds. The van der Waals surface area contributed by atoms with E-state index in [0.29, 0.717) is 12.8 Å². The summed E-state index contributed by atoms with van der Waals surface area (Å²) >= 11 is 0. The molecule has 2 atom stereocenters. The lowest BCUT2D eigenvalue weighted by atomic mass is 9.80. The van der Waals surface area contributed by atoms with Crippen molar-refractivity contribution in [3.05, 3.63) is 47.0 Å². The van der Waals surface area contributed by atoms with Crippen LogP contribution in [0.25, 0.3) is 0 Å². The molecule has 5 nitrogen and oxygen atoms in total. The molecule has 3 rings (SSSR count). The van der Waals surface area contributed by atoms with E-state index in [1.165, 1.54) is 19.8 Å². The molecule has 1 aliphatic heterocycles. The fraction of sp³-hybridized carbons (Fsp3) is 0.524. The lowest BCUT2D eigenvalue weighted by molar-refractivity contribution is -0.169. The average molecular weight is 358 g/mol. The second-order valence-electron chi connectivity index (χ2n) is 7.79. The minimum Gasteiger partial charge on any atom is -0.468 e. The van der Waals surface area contributed by atoms with E-state index in [-0.39, 0.29) is 12.0 Å². The normalized spacial score (nSPS) is 25.8. The molecule has 1 aromatic carbocycles. The van der Waals surface area contributed by atoms with Crippen molar-refractivity contribution in [1.29, 1.82) is 0 Å².